The van der Waals surface area contributed by atoms with Crippen molar-refractivity contribution in [3.8, 4) is 5.75 Å². The number of pyridine rings is 1. The number of hydrogen-bond acceptors (Lipinski definition) is 4. The molecule has 1 heterocycles. The summed E-state index contributed by atoms with van der Waals surface area (Å²) in [6.45, 7) is 3.56. The number of halogens is 2. The summed E-state index contributed by atoms with van der Waals surface area (Å²) in [5, 5.41) is 19.7. The normalized spacial score (nSPS) is 17.5. The van der Waals surface area contributed by atoms with Crippen LogP contribution in [-0.4, -0.2) is 34.5 Å². The van der Waals surface area contributed by atoms with Crippen molar-refractivity contribution >= 4 is 28.5 Å². The van der Waals surface area contributed by atoms with Gasteiger partial charge in [0.2, 0.25) is 5.43 Å². The Labute approximate surface area is 184 Å². The molecule has 0 saturated carbocycles. The minimum absolute atomic E-state index is 0.0292. The van der Waals surface area contributed by atoms with Gasteiger partial charge in [0.25, 0.3) is 0 Å². The molecule has 0 radical (unpaired) electrons. The quantitative estimate of drug-likeness (QED) is 0.652. The fourth-order valence-electron chi connectivity index (χ4n) is 3.97. The largest absolute Gasteiger partial charge is 0.496 e. The molecule has 31 heavy (non-hydrogen) atoms. The molecule has 1 aliphatic rings. The molecule has 3 rings (SSSR count). The molecule has 2 N–H and O–H groups in total. The van der Waals surface area contributed by atoms with Crippen LogP contribution in [0.2, 0.25) is 0 Å². The Hall–Kier alpha value is -2.64. The van der Waals surface area contributed by atoms with Crippen LogP contribution >= 0.6 is 11.6 Å². The summed E-state index contributed by atoms with van der Waals surface area (Å²) in [7, 11) is 1.48. The summed E-state index contributed by atoms with van der Waals surface area (Å²) >= 11 is 5.92. The number of methoxy groups -OCH3 is 1. The van der Waals surface area contributed by atoms with Gasteiger partial charge in [-0.3, -0.25) is 4.79 Å². The Balaban J connectivity index is 2.25. The van der Waals surface area contributed by atoms with Crippen molar-refractivity contribution in [1.29, 1.82) is 0 Å². The fraction of sp³-hybridized carbons (Fsp3) is 0.391. The minimum atomic E-state index is -1.35. The molecule has 0 bridgehead atoms. The van der Waals surface area contributed by atoms with Crippen LogP contribution in [0.3, 0.4) is 0 Å². The third kappa shape index (κ3) is 4.38. The number of rotatable bonds is 7. The number of nitrogens with zero attached hydrogens (tertiary/aromatic N) is 1. The van der Waals surface area contributed by atoms with E-state index < -0.39 is 34.7 Å². The lowest BCUT2D eigenvalue weighted by molar-refractivity contribution is 0.0694. The first-order chi connectivity index (χ1) is 14.7. The van der Waals surface area contributed by atoms with Crippen LogP contribution in [0.15, 0.2) is 46.1 Å². The smallest absolute Gasteiger partial charge is 0.341 e. The highest BCUT2D eigenvalue weighted by Gasteiger charge is 2.25. The molecule has 0 spiro atoms. The number of carbonyl (C=O) groups is 1. The lowest BCUT2D eigenvalue weighted by Gasteiger charge is -2.26. The number of benzene rings is 1. The molecule has 2 atom stereocenters. The third-order valence-corrected chi connectivity index (χ3v) is 6.02. The first-order valence-electron chi connectivity index (χ1n) is 10.0. The summed E-state index contributed by atoms with van der Waals surface area (Å²) in [4.78, 5) is 24.7. The first kappa shape index (κ1) is 23.0. The van der Waals surface area contributed by atoms with Crippen molar-refractivity contribution in [3.05, 3.63) is 62.7 Å². The Kier molecular flexibility index (Phi) is 6.86. The molecule has 1 aliphatic carbocycles. The molecule has 1 unspecified atom stereocenters. The lowest BCUT2D eigenvalue weighted by atomic mass is 9.90. The molecule has 8 heteroatoms. The van der Waals surface area contributed by atoms with Gasteiger partial charge in [-0.25, -0.2) is 9.18 Å². The van der Waals surface area contributed by atoms with E-state index in [1.165, 1.54) is 19.4 Å². The molecule has 166 valence electrons. The van der Waals surface area contributed by atoms with E-state index in [2.05, 4.69) is 0 Å². The number of aliphatic hydroxyl groups is 1. The van der Waals surface area contributed by atoms with E-state index in [0.717, 1.165) is 0 Å². The van der Waals surface area contributed by atoms with Gasteiger partial charge in [-0.05, 0) is 36.5 Å². The van der Waals surface area contributed by atoms with Crippen molar-refractivity contribution in [1.82, 2.24) is 4.57 Å². The number of hydrogen-bond donors (Lipinski definition) is 2. The molecular weight excluding hydrogens is 425 g/mol. The van der Waals surface area contributed by atoms with Gasteiger partial charge < -0.3 is 19.5 Å². The standard InChI is InChI=1S/C23H25ClFNO5/c1-12(2)19(11-27)26-10-16(23(29)30)22(28)15-8-14(20(31-3)9-18(15)26)7-13-5-4-6-17(24)21(13)25/h4,6,8-10,12-13,19,27H,5,7,11H2,1-3H3,(H,29,30)/t13?,19-/m1/s1. The Bertz CT molecular complexity index is 1130. The molecule has 0 fully saturated rings. The monoisotopic (exact) mass is 449 g/mol. The zero-order chi connectivity index (χ0) is 22.9. The van der Waals surface area contributed by atoms with Gasteiger partial charge in [-0.1, -0.05) is 31.5 Å². The van der Waals surface area contributed by atoms with Gasteiger partial charge in [0.1, 0.15) is 17.1 Å². The van der Waals surface area contributed by atoms with Crippen LogP contribution in [0, 0.1) is 11.8 Å². The second kappa shape index (κ2) is 9.24. The third-order valence-electron chi connectivity index (χ3n) is 5.72. The second-order valence-electron chi connectivity index (χ2n) is 7.99. The van der Waals surface area contributed by atoms with E-state index in [0.29, 0.717) is 23.3 Å². The zero-order valence-corrected chi connectivity index (χ0v) is 18.3. The summed E-state index contributed by atoms with van der Waals surface area (Å²) in [6.07, 6.45) is 5.25. The number of carboxylic acids is 1. The van der Waals surface area contributed by atoms with Crippen LogP contribution < -0.4 is 10.2 Å². The zero-order valence-electron chi connectivity index (χ0n) is 17.6. The number of aliphatic hydroxyl groups excluding tert-OH is 1. The topological polar surface area (TPSA) is 88.8 Å². The van der Waals surface area contributed by atoms with E-state index in [1.807, 2.05) is 13.8 Å². The van der Waals surface area contributed by atoms with E-state index in [4.69, 9.17) is 16.3 Å². The first-order valence-corrected chi connectivity index (χ1v) is 10.4. The van der Waals surface area contributed by atoms with Crippen LogP contribution in [0.4, 0.5) is 4.39 Å². The number of allylic oxidation sites excluding steroid dienone is 4. The maximum absolute atomic E-state index is 14.5. The van der Waals surface area contributed by atoms with Gasteiger partial charge in [0, 0.05) is 23.6 Å². The highest BCUT2D eigenvalue weighted by atomic mass is 35.5. The van der Waals surface area contributed by atoms with Gasteiger partial charge in [-0.15, -0.1) is 0 Å². The fourth-order valence-corrected chi connectivity index (χ4v) is 4.21. The molecule has 0 saturated heterocycles. The molecule has 1 aromatic heterocycles. The highest BCUT2D eigenvalue weighted by Crippen LogP contribution is 2.35. The van der Waals surface area contributed by atoms with Gasteiger partial charge in [0.05, 0.1) is 30.3 Å². The summed E-state index contributed by atoms with van der Waals surface area (Å²) in [6, 6.07) is 2.76. The summed E-state index contributed by atoms with van der Waals surface area (Å²) < 4.78 is 21.6. The SMILES string of the molecule is COc1cc2c(cc1CC1CC=CC(Cl)=C1F)c(=O)c(C(=O)O)cn2[C@H](CO)C(C)C. The second-order valence-corrected chi connectivity index (χ2v) is 8.40. The van der Waals surface area contributed by atoms with E-state index in [-0.39, 0.29) is 29.4 Å². The van der Waals surface area contributed by atoms with E-state index >= 15 is 0 Å². The van der Waals surface area contributed by atoms with Crippen LogP contribution in [0.1, 0.15) is 42.2 Å². The predicted molar refractivity (Wildman–Crippen MR) is 118 cm³/mol. The number of aromatic carboxylic acids is 1. The van der Waals surface area contributed by atoms with Crippen molar-refractivity contribution < 1.29 is 24.1 Å². The van der Waals surface area contributed by atoms with Crippen molar-refractivity contribution in [2.75, 3.05) is 13.7 Å². The maximum Gasteiger partial charge on any atom is 0.341 e. The van der Waals surface area contributed by atoms with Gasteiger partial charge in [-0.2, -0.15) is 0 Å². The van der Waals surface area contributed by atoms with Crippen LogP contribution in [-0.2, 0) is 6.42 Å². The Morgan fingerprint density at radius 1 is 1.39 bits per heavy atom. The number of ether oxygens (including phenoxy) is 1. The molecule has 2 aromatic rings. The minimum Gasteiger partial charge on any atom is -0.496 e. The van der Waals surface area contributed by atoms with Gasteiger partial charge >= 0.3 is 5.97 Å². The molecule has 1 aromatic carbocycles. The van der Waals surface area contributed by atoms with Crippen LogP contribution in [0.5, 0.6) is 5.75 Å². The van der Waals surface area contributed by atoms with Crippen molar-refractivity contribution in [2.24, 2.45) is 11.8 Å². The molecular formula is C23H25ClFNO5. The number of aromatic nitrogens is 1. The number of fused-ring (bicyclic) bond motifs is 1. The summed E-state index contributed by atoms with van der Waals surface area (Å²) in [5.41, 5.74) is -0.00902. The predicted octanol–water partition coefficient (Wildman–Crippen LogP) is 4.44. The molecule has 6 nitrogen and oxygen atoms in total. The Morgan fingerprint density at radius 3 is 2.68 bits per heavy atom. The maximum atomic E-state index is 14.5. The average Bonchev–Trinajstić information content (AvgIpc) is 2.72. The van der Waals surface area contributed by atoms with Crippen LogP contribution in [0.25, 0.3) is 10.9 Å². The van der Waals surface area contributed by atoms with Crippen molar-refractivity contribution in [2.45, 2.75) is 32.7 Å². The molecule has 0 amide bonds. The summed E-state index contributed by atoms with van der Waals surface area (Å²) in [5.74, 6) is -1.87. The average molecular weight is 450 g/mol. The Morgan fingerprint density at radius 2 is 2.10 bits per heavy atom. The van der Waals surface area contributed by atoms with E-state index in [1.54, 1.807) is 22.8 Å². The van der Waals surface area contributed by atoms with Crippen molar-refractivity contribution in [3.63, 3.8) is 0 Å². The van der Waals surface area contributed by atoms with E-state index in [9.17, 15) is 24.2 Å². The number of carboxylic acid groups (broad SMARTS) is 1. The lowest BCUT2D eigenvalue weighted by Crippen LogP contribution is -2.25. The van der Waals surface area contributed by atoms with Gasteiger partial charge in [0.15, 0.2) is 0 Å². The highest BCUT2D eigenvalue weighted by molar-refractivity contribution is 6.31. The molecule has 0 aliphatic heterocycles.